The number of aliphatic hydroxyl groups is 1. The third kappa shape index (κ3) is 2.88. The molecule has 0 aromatic carbocycles. The van der Waals surface area contributed by atoms with Crippen LogP contribution >= 0.6 is 0 Å². The fraction of sp³-hybridized carbons (Fsp3) is 0.444. The first-order valence-corrected chi connectivity index (χ1v) is 4.00. The number of aliphatic hydroxyl groups excluding tert-OH is 1. The van der Waals surface area contributed by atoms with Crippen LogP contribution in [0.15, 0.2) is 12.1 Å². The lowest BCUT2D eigenvalue weighted by Gasteiger charge is -1.98. The van der Waals surface area contributed by atoms with Crippen LogP contribution in [0, 0.1) is 6.92 Å². The normalized spacial score (nSPS) is 8.67. The number of hydrogen-bond donors (Lipinski definition) is 2. The van der Waals surface area contributed by atoms with Gasteiger partial charge in [-0.2, -0.15) is 0 Å². The smallest absolute Gasteiger partial charge is 0.136 e. The molecule has 0 bridgehead atoms. The average molecular weight is 169 g/mol. The molecule has 12 heavy (non-hydrogen) atoms. The van der Waals surface area contributed by atoms with Crippen LogP contribution in [0.25, 0.3) is 0 Å². The van der Waals surface area contributed by atoms with E-state index in [0.717, 1.165) is 0 Å². The zero-order valence-corrected chi connectivity index (χ0v) is 7.70. The van der Waals surface area contributed by atoms with Crippen LogP contribution in [-0.2, 0) is 6.61 Å². The summed E-state index contributed by atoms with van der Waals surface area (Å²) in [6.07, 6.45) is 0. The molecule has 0 aliphatic heterocycles. The van der Waals surface area contributed by atoms with Crippen molar-refractivity contribution in [3.8, 4) is 5.75 Å². The molecule has 0 saturated heterocycles. The van der Waals surface area contributed by atoms with Crippen LogP contribution in [0.1, 0.15) is 25.2 Å². The standard InChI is InChI=1S/C7H9NO2.C2H6/c1-5-7(10)3-2-6(4-9)8-5;1-2/h2-3,9-10H,4H2,1H3;1-2H3. The largest absolute Gasteiger partial charge is 0.506 e. The first kappa shape index (κ1) is 10.9. The second kappa shape index (κ2) is 5.55. The van der Waals surface area contributed by atoms with E-state index in [4.69, 9.17) is 10.2 Å². The summed E-state index contributed by atoms with van der Waals surface area (Å²) in [6.45, 7) is 5.61. The van der Waals surface area contributed by atoms with Crippen LogP contribution in [0.3, 0.4) is 0 Å². The summed E-state index contributed by atoms with van der Waals surface area (Å²) in [5, 5.41) is 17.6. The van der Waals surface area contributed by atoms with Crippen molar-refractivity contribution in [3.05, 3.63) is 23.5 Å². The van der Waals surface area contributed by atoms with Crippen molar-refractivity contribution in [1.29, 1.82) is 0 Å². The number of pyridine rings is 1. The van der Waals surface area contributed by atoms with Gasteiger partial charge in [0.15, 0.2) is 0 Å². The first-order valence-electron chi connectivity index (χ1n) is 4.00. The third-order valence-corrected chi connectivity index (χ3v) is 1.28. The molecule has 1 aromatic rings. The molecular weight excluding hydrogens is 154 g/mol. The molecule has 0 aliphatic carbocycles. The highest BCUT2D eigenvalue weighted by atomic mass is 16.3. The van der Waals surface area contributed by atoms with Gasteiger partial charge in [0.05, 0.1) is 18.0 Å². The number of nitrogens with zero attached hydrogens (tertiary/aromatic N) is 1. The van der Waals surface area contributed by atoms with Gasteiger partial charge in [0, 0.05) is 0 Å². The molecule has 0 unspecified atom stereocenters. The van der Waals surface area contributed by atoms with E-state index in [1.165, 1.54) is 6.07 Å². The van der Waals surface area contributed by atoms with Gasteiger partial charge in [0.2, 0.25) is 0 Å². The minimum absolute atomic E-state index is 0.0822. The lowest BCUT2D eigenvalue weighted by atomic mass is 10.3. The third-order valence-electron chi connectivity index (χ3n) is 1.28. The van der Waals surface area contributed by atoms with Gasteiger partial charge >= 0.3 is 0 Å². The Morgan fingerprint density at radius 2 is 1.92 bits per heavy atom. The molecule has 2 N–H and O–H groups in total. The van der Waals surface area contributed by atoms with E-state index in [1.807, 2.05) is 13.8 Å². The number of rotatable bonds is 1. The van der Waals surface area contributed by atoms with E-state index in [-0.39, 0.29) is 12.4 Å². The van der Waals surface area contributed by atoms with Crippen LogP contribution in [0.2, 0.25) is 0 Å². The van der Waals surface area contributed by atoms with Gasteiger partial charge in [-0.3, -0.25) is 4.98 Å². The summed E-state index contributed by atoms with van der Waals surface area (Å²) in [5.74, 6) is 0.164. The van der Waals surface area contributed by atoms with Crippen LogP contribution in [-0.4, -0.2) is 15.2 Å². The van der Waals surface area contributed by atoms with Gasteiger partial charge < -0.3 is 10.2 Å². The minimum atomic E-state index is -0.0822. The second-order valence-electron chi connectivity index (χ2n) is 2.07. The number of aromatic nitrogens is 1. The zero-order chi connectivity index (χ0) is 9.56. The maximum atomic E-state index is 9.00. The molecule has 1 heterocycles. The highest BCUT2D eigenvalue weighted by molar-refractivity contribution is 5.26. The molecule has 0 aliphatic rings. The van der Waals surface area contributed by atoms with Crippen molar-refractivity contribution in [1.82, 2.24) is 4.98 Å². The molecule has 0 fully saturated rings. The molecule has 1 aromatic heterocycles. The molecule has 68 valence electrons. The summed E-state index contributed by atoms with van der Waals surface area (Å²) >= 11 is 0. The Balaban J connectivity index is 0.000000561. The SMILES string of the molecule is CC.Cc1nc(CO)ccc1O. The van der Waals surface area contributed by atoms with Crippen molar-refractivity contribution in [3.63, 3.8) is 0 Å². The lowest BCUT2D eigenvalue weighted by molar-refractivity contribution is 0.276. The van der Waals surface area contributed by atoms with Crippen LogP contribution < -0.4 is 0 Å². The van der Waals surface area contributed by atoms with E-state index in [2.05, 4.69) is 4.98 Å². The van der Waals surface area contributed by atoms with E-state index < -0.39 is 0 Å². The molecule has 0 saturated carbocycles. The summed E-state index contributed by atoms with van der Waals surface area (Å²) in [4.78, 5) is 3.89. The predicted molar refractivity (Wildman–Crippen MR) is 47.9 cm³/mol. The summed E-state index contributed by atoms with van der Waals surface area (Å²) in [5.41, 5.74) is 1.13. The molecule has 0 radical (unpaired) electrons. The van der Waals surface area contributed by atoms with Gasteiger partial charge in [0.1, 0.15) is 5.75 Å². The number of aryl methyl sites for hydroxylation is 1. The Morgan fingerprint density at radius 3 is 2.33 bits per heavy atom. The molecular formula is C9H15NO2. The Bertz CT molecular complexity index is 236. The molecule has 3 heteroatoms. The maximum Gasteiger partial charge on any atom is 0.136 e. The highest BCUT2D eigenvalue weighted by Gasteiger charge is 1.96. The van der Waals surface area contributed by atoms with Crippen LogP contribution in [0.4, 0.5) is 0 Å². The Morgan fingerprint density at radius 1 is 1.33 bits per heavy atom. The summed E-state index contributed by atoms with van der Waals surface area (Å²) in [7, 11) is 0. The fourth-order valence-corrected chi connectivity index (χ4v) is 0.694. The second-order valence-corrected chi connectivity index (χ2v) is 2.07. The van der Waals surface area contributed by atoms with E-state index >= 15 is 0 Å². The number of aromatic hydroxyl groups is 1. The molecule has 0 atom stereocenters. The Labute approximate surface area is 72.7 Å². The lowest BCUT2D eigenvalue weighted by Crippen LogP contribution is -1.90. The minimum Gasteiger partial charge on any atom is -0.506 e. The molecule has 3 nitrogen and oxygen atoms in total. The van der Waals surface area contributed by atoms with E-state index in [0.29, 0.717) is 11.4 Å². The molecule has 1 rings (SSSR count). The monoisotopic (exact) mass is 169 g/mol. The quantitative estimate of drug-likeness (QED) is 0.671. The van der Waals surface area contributed by atoms with E-state index in [9.17, 15) is 0 Å². The van der Waals surface area contributed by atoms with Crippen molar-refractivity contribution >= 4 is 0 Å². The summed E-state index contributed by atoms with van der Waals surface area (Å²) < 4.78 is 0. The van der Waals surface area contributed by atoms with Crippen molar-refractivity contribution in [2.45, 2.75) is 27.4 Å². The topological polar surface area (TPSA) is 53.4 Å². The number of hydrogen-bond acceptors (Lipinski definition) is 3. The zero-order valence-electron chi connectivity index (χ0n) is 7.70. The van der Waals surface area contributed by atoms with Gasteiger partial charge in [-0.1, -0.05) is 13.8 Å². The maximum absolute atomic E-state index is 9.00. The molecule has 0 amide bonds. The fourth-order valence-electron chi connectivity index (χ4n) is 0.694. The van der Waals surface area contributed by atoms with Crippen molar-refractivity contribution < 1.29 is 10.2 Å². The van der Waals surface area contributed by atoms with Crippen LogP contribution in [0.5, 0.6) is 5.75 Å². The van der Waals surface area contributed by atoms with Gasteiger partial charge in [-0.15, -0.1) is 0 Å². The average Bonchev–Trinajstić information content (AvgIpc) is 2.13. The van der Waals surface area contributed by atoms with E-state index in [1.54, 1.807) is 13.0 Å². The summed E-state index contributed by atoms with van der Waals surface area (Å²) in [6, 6.07) is 3.11. The van der Waals surface area contributed by atoms with Gasteiger partial charge in [-0.05, 0) is 19.1 Å². The highest BCUT2D eigenvalue weighted by Crippen LogP contribution is 2.12. The molecule has 0 spiro atoms. The van der Waals surface area contributed by atoms with Gasteiger partial charge in [0.25, 0.3) is 0 Å². The van der Waals surface area contributed by atoms with Crippen molar-refractivity contribution in [2.75, 3.05) is 0 Å². The van der Waals surface area contributed by atoms with Gasteiger partial charge in [-0.25, -0.2) is 0 Å². The Hall–Kier alpha value is -1.09. The first-order chi connectivity index (χ1) is 5.74. The predicted octanol–water partition coefficient (Wildman–Crippen LogP) is 1.61. The van der Waals surface area contributed by atoms with Crippen molar-refractivity contribution in [2.24, 2.45) is 0 Å². The Kier molecular flexibility index (Phi) is 5.04.